The fourth-order valence-corrected chi connectivity index (χ4v) is 2.82. The number of carbonyl (C=O) groups excluding carboxylic acids is 1. The van der Waals surface area contributed by atoms with E-state index in [9.17, 15) is 18.0 Å². The zero-order chi connectivity index (χ0) is 15.9. The summed E-state index contributed by atoms with van der Waals surface area (Å²) in [6.45, 7) is -0.185. The van der Waals surface area contributed by atoms with Crippen LogP contribution in [-0.4, -0.2) is 42.4 Å². The van der Waals surface area contributed by atoms with Crippen LogP contribution >= 0.6 is 0 Å². The molecule has 0 aromatic heterocycles. The lowest BCUT2D eigenvalue weighted by molar-refractivity contribution is -0.184. The van der Waals surface area contributed by atoms with Crippen LogP contribution in [0.15, 0.2) is 18.2 Å². The van der Waals surface area contributed by atoms with Gasteiger partial charge in [0.1, 0.15) is 6.04 Å². The molecule has 2 unspecified atom stereocenters. The molecule has 5 nitrogen and oxygen atoms in total. The molecule has 2 heterocycles. The van der Waals surface area contributed by atoms with Gasteiger partial charge in [-0.2, -0.15) is 13.2 Å². The van der Waals surface area contributed by atoms with Gasteiger partial charge in [-0.25, -0.2) is 0 Å². The first-order valence-corrected chi connectivity index (χ1v) is 6.90. The van der Waals surface area contributed by atoms with Crippen molar-refractivity contribution >= 4 is 5.91 Å². The summed E-state index contributed by atoms with van der Waals surface area (Å²) < 4.78 is 49.9. The number of nitrogens with two attached hydrogens (primary N) is 1. The quantitative estimate of drug-likeness (QED) is 0.859. The van der Waals surface area contributed by atoms with Crippen molar-refractivity contribution in [3.63, 3.8) is 0 Å². The summed E-state index contributed by atoms with van der Waals surface area (Å²) in [5.74, 6) is -0.192. The van der Waals surface area contributed by atoms with Crippen LogP contribution in [0.2, 0.25) is 0 Å². The Morgan fingerprint density at radius 3 is 2.77 bits per heavy atom. The van der Waals surface area contributed by atoms with Crippen molar-refractivity contribution in [2.75, 3.05) is 13.3 Å². The number of piperidine rings is 1. The van der Waals surface area contributed by atoms with E-state index in [1.807, 2.05) is 0 Å². The maximum Gasteiger partial charge on any atom is 0.408 e. The van der Waals surface area contributed by atoms with Crippen LogP contribution in [0, 0.1) is 0 Å². The van der Waals surface area contributed by atoms with Crippen LogP contribution in [-0.2, 0) is 0 Å². The SMILES string of the molecule is NC1CCC(C(F)(F)F)N(C(=O)c2cccc3c2OCO3)C1. The van der Waals surface area contributed by atoms with Gasteiger partial charge in [0.15, 0.2) is 11.5 Å². The number of nitrogens with zero attached hydrogens (tertiary/aromatic N) is 1. The number of amides is 1. The molecule has 8 heteroatoms. The number of alkyl halides is 3. The summed E-state index contributed by atoms with van der Waals surface area (Å²) in [6, 6.07) is 2.30. The average Bonchev–Trinajstić information content (AvgIpc) is 2.93. The molecule has 0 saturated carbocycles. The van der Waals surface area contributed by atoms with E-state index in [-0.39, 0.29) is 37.5 Å². The van der Waals surface area contributed by atoms with E-state index in [0.29, 0.717) is 5.75 Å². The number of carbonyl (C=O) groups is 1. The maximum atomic E-state index is 13.2. The average molecular weight is 316 g/mol. The summed E-state index contributed by atoms with van der Waals surface area (Å²) in [5.41, 5.74) is 5.81. The number of hydrogen-bond acceptors (Lipinski definition) is 4. The number of ether oxygens (including phenoxy) is 2. The summed E-state index contributed by atoms with van der Waals surface area (Å²) >= 11 is 0. The molecule has 3 rings (SSSR count). The molecule has 1 amide bonds. The first-order valence-electron chi connectivity index (χ1n) is 6.90. The molecule has 2 N–H and O–H groups in total. The lowest BCUT2D eigenvalue weighted by Crippen LogP contribution is -2.56. The summed E-state index contributed by atoms with van der Waals surface area (Å²) in [5, 5.41) is 0. The normalized spacial score (nSPS) is 24.5. The Hall–Kier alpha value is -1.96. The third-order valence-corrected chi connectivity index (χ3v) is 3.88. The zero-order valence-corrected chi connectivity index (χ0v) is 11.6. The monoisotopic (exact) mass is 316 g/mol. The van der Waals surface area contributed by atoms with Crippen molar-refractivity contribution in [1.29, 1.82) is 0 Å². The highest BCUT2D eigenvalue weighted by Gasteiger charge is 2.48. The molecule has 0 spiro atoms. The number of fused-ring (bicyclic) bond motifs is 1. The summed E-state index contributed by atoms with van der Waals surface area (Å²) in [4.78, 5) is 13.4. The minimum atomic E-state index is -4.48. The van der Waals surface area contributed by atoms with Crippen LogP contribution in [0.3, 0.4) is 0 Å². The van der Waals surface area contributed by atoms with E-state index in [2.05, 4.69) is 0 Å². The molecular formula is C14H15F3N2O3. The third-order valence-electron chi connectivity index (χ3n) is 3.88. The minimum absolute atomic E-state index is 0.0537. The fourth-order valence-electron chi connectivity index (χ4n) is 2.82. The van der Waals surface area contributed by atoms with Crippen molar-refractivity contribution in [3.8, 4) is 11.5 Å². The Labute approximate surface area is 124 Å². The molecular weight excluding hydrogens is 301 g/mol. The fraction of sp³-hybridized carbons (Fsp3) is 0.500. The van der Waals surface area contributed by atoms with Gasteiger partial charge >= 0.3 is 6.18 Å². The predicted octanol–water partition coefficient (Wildman–Crippen LogP) is 1.91. The maximum absolute atomic E-state index is 13.2. The Balaban J connectivity index is 1.94. The Bertz CT molecular complexity index is 591. The van der Waals surface area contributed by atoms with Crippen LogP contribution in [0.5, 0.6) is 11.5 Å². The number of rotatable bonds is 1. The third kappa shape index (κ3) is 2.58. The predicted molar refractivity (Wildman–Crippen MR) is 70.7 cm³/mol. The van der Waals surface area contributed by atoms with Gasteiger partial charge in [0.2, 0.25) is 6.79 Å². The second-order valence-corrected chi connectivity index (χ2v) is 5.39. The smallest absolute Gasteiger partial charge is 0.408 e. The van der Waals surface area contributed by atoms with Crippen molar-refractivity contribution in [3.05, 3.63) is 23.8 Å². The van der Waals surface area contributed by atoms with E-state index < -0.39 is 24.2 Å². The molecule has 0 aliphatic carbocycles. The number of hydrogen-bond donors (Lipinski definition) is 1. The molecule has 0 radical (unpaired) electrons. The number of likely N-dealkylation sites (tertiary alicyclic amines) is 1. The highest BCUT2D eigenvalue weighted by Crippen LogP contribution is 2.38. The molecule has 0 bridgehead atoms. The molecule has 2 atom stereocenters. The van der Waals surface area contributed by atoms with Crippen molar-refractivity contribution < 1.29 is 27.4 Å². The zero-order valence-electron chi connectivity index (χ0n) is 11.6. The van der Waals surface area contributed by atoms with E-state index in [1.54, 1.807) is 12.1 Å². The highest BCUT2D eigenvalue weighted by molar-refractivity contribution is 5.98. The summed E-state index contributed by atoms with van der Waals surface area (Å²) in [7, 11) is 0. The highest BCUT2D eigenvalue weighted by atomic mass is 19.4. The van der Waals surface area contributed by atoms with Gasteiger partial charge < -0.3 is 20.1 Å². The van der Waals surface area contributed by atoms with Crippen LogP contribution < -0.4 is 15.2 Å². The van der Waals surface area contributed by atoms with Gasteiger partial charge in [-0.15, -0.1) is 0 Å². The van der Waals surface area contributed by atoms with Crippen LogP contribution in [0.4, 0.5) is 13.2 Å². The molecule has 1 aromatic carbocycles. The van der Waals surface area contributed by atoms with Gasteiger partial charge in [0.05, 0.1) is 5.56 Å². The van der Waals surface area contributed by atoms with Crippen molar-refractivity contribution in [2.45, 2.75) is 31.1 Å². The first-order chi connectivity index (χ1) is 10.4. The largest absolute Gasteiger partial charge is 0.454 e. The van der Waals surface area contributed by atoms with Crippen LogP contribution in [0.25, 0.3) is 0 Å². The molecule has 1 aromatic rings. The molecule has 120 valence electrons. The second-order valence-electron chi connectivity index (χ2n) is 5.39. The van der Waals surface area contributed by atoms with Gasteiger partial charge in [-0.05, 0) is 25.0 Å². The van der Waals surface area contributed by atoms with E-state index >= 15 is 0 Å². The number of para-hydroxylation sites is 1. The van der Waals surface area contributed by atoms with Crippen LogP contribution in [0.1, 0.15) is 23.2 Å². The van der Waals surface area contributed by atoms with Gasteiger partial charge in [-0.1, -0.05) is 6.07 Å². The van der Waals surface area contributed by atoms with E-state index in [4.69, 9.17) is 15.2 Å². The van der Waals surface area contributed by atoms with Gasteiger partial charge in [0, 0.05) is 12.6 Å². The first kappa shape index (κ1) is 15.0. The summed E-state index contributed by atoms with van der Waals surface area (Å²) in [6.07, 6.45) is -4.44. The molecule has 22 heavy (non-hydrogen) atoms. The van der Waals surface area contributed by atoms with Crippen molar-refractivity contribution in [1.82, 2.24) is 4.90 Å². The molecule has 2 aliphatic rings. The van der Waals surface area contributed by atoms with Gasteiger partial charge in [-0.3, -0.25) is 4.79 Å². The topological polar surface area (TPSA) is 64.8 Å². The van der Waals surface area contributed by atoms with E-state index in [0.717, 1.165) is 4.90 Å². The lowest BCUT2D eigenvalue weighted by Gasteiger charge is -2.39. The molecule has 1 fully saturated rings. The molecule has 1 saturated heterocycles. The van der Waals surface area contributed by atoms with Crippen molar-refractivity contribution in [2.24, 2.45) is 5.73 Å². The minimum Gasteiger partial charge on any atom is -0.454 e. The van der Waals surface area contributed by atoms with E-state index in [1.165, 1.54) is 6.07 Å². The Morgan fingerprint density at radius 2 is 2.05 bits per heavy atom. The van der Waals surface area contributed by atoms with Gasteiger partial charge in [0.25, 0.3) is 5.91 Å². The lowest BCUT2D eigenvalue weighted by atomic mass is 9.97. The Kier molecular flexibility index (Phi) is 3.64. The molecule has 2 aliphatic heterocycles. The Morgan fingerprint density at radius 1 is 1.27 bits per heavy atom. The number of benzene rings is 1. The number of halogens is 3. The standard InChI is InChI=1S/C14H15F3N2O3/c15-14(16,17)11-5-4-8(18)6-19(11)13(20)9-2-1-3-10-12(9)22-7-21-10/h1-3,8,11H,4-7,18H2. The second kappa shape index (κ2) is 5.35.